The highest BCUT2D eigenvalue weighted by molar-refractivity contribution is 6.15. The largest absolute Gasteiger partial charge is 0.497 e. The number of nitrogens with zero attached hydrogens (tertiary/aromatic N) is 4. The molecule has 0 bridgehead atoms. The molecule has 2 heterocycles. The number of benzene rings is 2. The zero-order chi connectivity index (χ0) is 22.8. The minimum Gasteiger partial charge on any atom is -0.497 e. The number of carbonyl (C=O) groups excluding carboxylic acids is 2. The Morgan fingerprint density at radius 1 is 1.03 bits per heavy atom. The van der Waals surface area contributed by atoms with Gasteiger partial charge in [0, 0.05) is 17.2 Å². The van der Waals surface area contributed by atoms with E-state index in [1.807, 2.05) is 19.1 Å². The number of anilines is 1. The van der Waals surface area contributed by atoms with Crippen LogP contribution in [0.5, 0.6) is 11.5 Å². The fraction of sp³-hybridized carbons (Fsp3) is 0.227. The van der Waals surface area contributed by atoms with Crippen LogP contribution in [0, 0.1) is 6.92 Å². The molecular weight excluding hydrogens is 414 g/mol. The Bertz CT molecular complexity index is 1220. The van der Waals surface area contributed by atoms with Crippen LogP contribution in [-0.2, 0) is 9.53 Å². The third-order valence-electron chi connectivity index (χ3n) is 5.20. The van der Waals surface area contributed by atoms with Crippen molar-refractivity contribution in [3.8, 4) is 11.5 Å². The van der Waals surface area contributed by atoms with Gasteiger partial charge >= 0.3 is 5.97 Å². The summed E-state index contributed by atoms with van der Waals surface area (Å²) in [5.74, 6) is 0.110. The number of allylic oxidation sites excluding steroid dienone is 1. The van der Waals surface area contributed by atoms with Gasteiger partial charge < -0.3 is 19.5 Å². The maximum Gasteiger partial charge on any atom is 0.355 e. The lowest BCUT2D eigenvalue weighted by atomic mass is 9.88. The van der Waals surface area contributed by atoms with E-state index >= 15 is 0 Å². The molecule has 0 fully saturated rings. The number of rotatable bonds is 6. The summed E-state index contributed by atoms with van der Waals surface area (Å²) in [6, 6.07) is 11.4. The first-order valence-corrected chi connectivity index (χ1v) is 9.69. The van der Waals surface area contributed by atoms with E-state index in [1.54, 1.807) is 37.4 Å². The Morgan fingerprint density at radius 2 is 1.78 bits per heavy atom. The Morgan fingerprint density at radius 3 is 2.44 bits per heavy atom. The van der Waals surface area contributed by atoms with Crippen LogP contribution < -0.4 is 14.8 Å². The van der Waals surface area contributed by atoms with Gasteiger partial charge in [0.15, 0.2) is 5.78 Å². The molecule has 0 aliphatic carbocycles. The minimum absolute atomic E-state index is 0.0387. The second kappa shape index (κ2) is 8.50. The van der Waals surface area contributed by atoms with E-state index in [2.05, 4.69) is 20.8 Å². The number of nitrogens with one attached hydrogen (secondary N) is 1. The summed E-state index contributed by atoms with van der Waals surface area (Å²) in [6.45, 7) is 1.92. The van der Waals surface area contributed by atoms with Crippen LogP contribution in [0.15, 0.2) is 53.7 Å². The molecule has 10 heteroatoms. The first-order chi connectivity index (χ1) is 15.5. The number of fused-ring (bicyclic) bond motifs is 1. The minimum atomic E-state index is -0.856. The van der Waals surface area contributed by atoms with Crippen molar-refractivity contribution in [2.24, 2.45) is 0 Å². The molecule has 164 valence electrons. The van der Waals surface area contributed by atoms with E-state index in [9.17, 15) is 9.59 Å². The van der Waals surface area contributed by atoms with Gasteiger partial charge in [0.25, 0.3) is 0 Å². The molecule has 0 spiro atoms. The summed E-state index contributed by atoms with van der Waals surface area (Å²) in [5.41, 5.74) is 2.07. The maximum absolute atomic E-state index is 13.7. The predicted molar refractivity (Wildman–Crippen MR) is 114 cm³/mol. The van der Waals surface area contributed by atoms with Gasteiger partial charge in [-0.1, -0.05) is 34.9 Å². The number of esters is 1. The zero-order valence-electron chi connectivity index (χ0n) is 17.9. The molecule has 3 aromatic rings. The standard InChI is InChI=1S/C22H21N5O5/c1-12-5-7-13(8-6-12)20(28)17-18(21(29)32-4)23-22-24-25-26-27(22)19(17)15-10-9-14(30-2)11-16(15)31-3/h5-11,19H,1-4H3,(H,23,24,26). The number of Topliss-reactive ketones (excluding diaryl/α,β-unsaturated/α-hetero) is 1. The Hall–Kier alpha value is -4.21. The normalized spacial score (nSPS) is 14.9. The van der Waals surface area contributed by atoms with Crippen LogP contribution in [0.2, 0.25) is 0 Å². The lowest BCUT2D eigenvalue weighted by Crippen LogP contribution is -2.33. The SMILES string of the molecule is COC(=O)C1=C(C(=O)c2ccc(C)cc2)C(c2ccc(OC)cc2OC)n2nnnc2N1. The third-order valence-corrected chi connectivity index (χ3v) is 5.20. The average molecular weight is 435 g/mol. The molecule has 0 amide bonds. The average Bonchev–Trinajstić information content (AvgIpc) is 3.30. The molecule has 1 atom stereocenters. The maximum atomic E-state index is 13.7. The molecule has 0 radical (unpaired) electrons. The van der Waals surface area contributed by atoms with Crippen LogP contribution >= 0.6 is 0 Å². The molecular formula is C22H21N5O5. The molecule has 1 aromatic heterocycles. The van der Waals surface area contributed by atoms with Gasteiger partial charge in [-0.3, -0.25) is 4.79 Å². The summed E-state index contributed by atoms with van der Waals surface area (Å²) in [5, 5.41) is 14.6. The Labute approximate surface area is 183 Å². The Balaban J connectivity index is 1.98. The molecule has 0 saturated heterocycles. The highest BCUT2D eigenvalue weighted by Gasteiger charge is 2.39. The van der Waals surface area contributed by atoms with Crippen LogP contribution in [0.4, 0.5) is 5.95 Å². The van der Waals surface area contributed by atoms with Gasteiger partial charge in [0.1, 0.15) is 23.2 Å². The number of hydrogen-bond acceptors (Lipinski definition) is 9. The zero-order valence-corrected chi connectivity index (χ0v) is 17.9. The van der Waals surface area contributed by atoms with E-state index in [0.717, 1.165) is 5.56 Å². The van der Waals surface area contributed by atoms with Crippen LogP contribution in [0.25, 0.3) is 0 Å². The van der Waals surface area contributed by atoms with Crippen molar-refractivity contribution in [1.29, 1.82) is 0 Å². The number of ketones is 1. The highest BCUT2D eigenvalue weighted by Crippen LogP contribution is 2.41. The summed E-state index contributed by atoms with van der Waals surface area (Å²) in [7, 11) is 4.29. The number of carbonyl (C=O) groups is 2. The summed E-state index contributed by atoms with van der Waals surface area (Å²) in [6.07, 6.45) is 0. The third kappa shape index (κ3) is 3.55. The van der Waals surface area contributed by atoms with Crippen LogP contribution in [0.1, 0.15) is 27.5 Å². The topological polar surface area (TPSA) is 117 Å². The van der Waals surface area contributed by atoms with Crippen molar-refractivity contribution in [3.63, 3.8) is 0 Å². The number of methoxy groups -OCH3 is 3. The van der Waals surface area contributed by atoms with Crippen molar-refractivity contribution < 1.29 is 23.8 Å². The van der Waals surface area contributed by atoms with E-state index in [-0.39, 0.29) is 23.0 Å². The van der Waals surface area contributed by atoms with Crippen molar-refractivity contribution in [3.05, 3.63) is 70.4 Å². The fourth-order valence-corrected chi connectivity index (χ4v) is 3.58. The number of aryl methyl sites for hydroxylation is 1. The molecule has 2 aromatic carbocycles. The summed E-state index contributed by atoms with van der Waals surface area (Å²) in [4.78, 5) is 26.4. The lowest BCUT2D eigenvalue weighted by Gasteiger charge is -2.29. The fourth-order valence-electron chi connectivity index (χ4n) is 3.58. The first-order valence-electron chi connectivity index (χ1n) is 9.69. The molecule has 10 nitrogen and oxygen atoms in total. The number of tetrazole rings is 1. The first kappa shape index (κ1) is 21.0. The van der Waals surface area contributed by atoms with Gasteiger partial charge in [-0.2, -0.15) is 4.68 Å². The van der Waals surface area contributed by atoms with Crippen molar-refractivity contribution in [2.75, 3.05) is 26.6 Å². The van der Waals surface area contributed by atoms with Gasteiger partial charge in [-0.15, -0.1) is 0 Å². The predicted octanol–water partition coefficient (Wildman–Crippen LogP) is 2.32. The molecule has 32 heavy (non-hydrogen) atoms. The highest BCUT2D eigenvalue weighted by atomic mass is 16.5. The van der Waals surface area contributed by atoms with Crippen molar-refractivity contribution >= 4 is 17.7 Å². The molecule has 4 rings (SSSR count). The quantitative estimate of drug-likeness (QED) is 0.460. The number of ether oxygens (including phenoxy) is 3. The van der Waals surface area contributed by atoms with Crippen molar-refractivity contribution in [2.45, 2.75) is 13.0 Å². The molecule has 1 aliphatic heterocycles. The Kier molecular flexibility index (Phi) is 5.59. The van der Waals surface area contributed by atoms with Gasteiger partial charge in [0.2, 0.25) is 5.95 Å². The van der Waals surface area contributed by atoms with Crippen LogP contribution in [-0.4, -0.2) is 53.3 Å². The van der Waals surface area contributed by atoms with E-state index < -0.39 is 12.0 Å². The van der Waals surface area contributed by atoms with Crippen molar-refractivity contribution in [1.82, 2.24) is 20.2 Å². The lowest BCUT2D eigenvalue weighted by molar-refractivity contribution is -0.136. The van der Waals surface area contributed by atoms with Gasteiger partial charge in [-0.05, 0) is 29.5 Å². The molecule has 1 aliphatic rings. The van der Waals surface area contributed by atoms with E-state index in [1.165, 1.54) is 18.9 Å². The summed E-state index contributed by atoms with van der Waals surface area (Å²) >= 11 is 0. The smallest absolute Gasteiger partial charge is 0.355 e. The molecule has 1 N–H and O–H groups in total. The number of aromatic nitrogens is 4. The molecule has 0 saturated carbocycles. The van der Waals surface area contributed by atoms with Gasteiger partial charge in [0.05, 0.1) is 26.9 Å². The second-order valence-corrected chi connectivity index (χ2v) is 7.06. The van der Waals surface area contributed by atoms with E-state index in [4.69, 9.17) is 14.2 Å². The molecule has 1 unspecified atom stereocenters. The summed E-state index contributed by atoms with van der Waals surface area (Å²) < 4.78 is 17.2. The van der Waals surface area contributed by atoms with Gasteiger partial charge in [-0.25, -0.2) is 4.79 Å². The monoisotopic (exact) mass is 435 g/mol. The second-order valence-electron chi connectivity index (χ2n) is 7.06. The van der Waals surface area contributed by atoms with Crippen LogP contribution in [0.3, 0.4) is 0 Å². The van der Waals surface area contributed by atoms with E-state index in [0.29, 0.717) is 22.6 Å². The number of hydrogen-bond donors (Lipinski definition) is 1.